The Bertz CT molecular complexity index is 956. The Balaban J connectivity index is 2.00. The maximum Gasteiger partial charge on any atom is 0.197 e. The number of imidazole rings is 1. The molecule has 0 fully saturated rings. The van der Waals surface area contributed by atoms with E-state index in [0.717, 1.165) is 22.2 Å². The Morgan fingerprint density at radius 1 is 0.810 bits per heavy atom. The molecule has 2 aromatic carbocycles. The molecule has 0 aliphatic carbocycles. The van der Waals surface area contributed by atoms with Gasteiger partial charge in [0.05, 0.1) is 11.0 Å². The van der Waals surface area contributed by atoms with Gasteiger partial charge in [0.25, 0.3) is 0 Å². The second kappa shape index (κ2) is 4.24. The normalized spacial score (nSPS) is 11.2. The van der Waals surface area contributed by atoms with Gasteiger partial charge in [0.15, 0.2) is 5.88 Å². The van der Waals surface area contributed by atoms with E-state index in [1.54, 1.807) is 22.6 Å². The molecule has 0 spiro atoms. The van der Waals surface area contributed by atoms with Gasteiger partial charge in [0.1, 0.15) is 11.4 Å². The van der Waals surface area contributed by atoms with Crippen LogP contribution in [-0.2, 0) is 0 Å². The number of nitrogens with zero attached hydrogens (tertiary/aromatic N) is 2. The van der Waals surface area contributed by atoms with Crippen molar-refractivity contribution >= 4 is 16.7 Å². The molecule has 0 aliphatic rings. The van der Waals surface area contributed by atoms with Crippen LogP contribution in [0, 0.1) is 0 Å². The van der Waals surface area contributed by atoms with Gasteiger partial charge in [-0.1, -0.05) is 24.3 Å². The molecule has 4 nitrogen and oxygen atoms in total. The van der Waals surface area contributed by atoms with Crippen LogP contribution >= 0.6 is 0 Å². The third kappa shape index (κ3) is 1.80. The number of phenols is 1. The number of pyridine rings is 1. The summed E-state index contributed by atoms with van der Waals surface area (Å²) < 4.78 is 1.72. The number of aromatic hydroxyl groups is 2. The third-order valence-corrected chi connectivity index (χ3v) is 3.59. The van der Waals surface area contributed by atoms with Crippen LogP contribution < -0.4 is 0 Å². The van der Waals surface area contributed by atoms with Crippen LogP contribution in [0.25, 0.3) is 27.8 Å². The van der Waals surface area contributed by atoms with E-state index in [0.29, 0.717) is 5.65 Å². The smallest absolute Gasteiger partial charge is 0.197 e. The lowest BCUT2D eigenvalue weighted by Crippen LogP contribution is -1.88. The van der Waals surface area contributed by atoms with Crippen molar-refractivity contribution in [3.63, 3.8) is 0 Å². The Kier molecular flexibility index (Phi) is 2.38. The summed E-state index contributed by atoms with van der Waals surface area (Å²) in [6, 6.07) is 18.2. The zero-order chi connectivity index (χ0) is 14.4. The number of benzene rings is 2. The molecule has 0 amide bonds. The van der Waals surface area contributed by atoms with Crippen LogP contribution in [0.2, 0.25) is 0 Å². The molecular weight excluding hydrogens is 264 g/mol. The molecule has 102 valence electrons. The highest BCUT2D eigenvalue weighted by atomic mass is 16.3. The summed E-state index contributed by atoms with van der Waals surface area (Å²) in [5.41, 5.74) is 4.19. The predicted molar refractivity (Wildman–Crippen MR) is 81.5 cm³/mol. The number of hydrogen-bond acceptors (Lipinski definition) is 3. The number of phenolic OH excluding ortho intramolecular Hbond substituents is 1. The van der Waals surface area contributed by atoms with Crippen molar-refractivity contribution in [2.24, 2.45) is 0 Å². The fraction of sp³-hybridized carbons (Fsp3) is 0. The molecule has 2 aromatic heterocycles. The molecule has 2 N–H and O–H groups in total. The molecule has 2 heterocycles. The largest absolute Gasteiger partial charge is 0.508 e. The quantitative estimate of drug-likeness (QED) is 0.559. The van der Waals surface area contributed by atoms with Crippen LogP contribution in [0.5, 0.6) is 11.6 Å². The van der Waals surface area contributed by atoms with E-state index in [-0.39, 0.29) is 11.6 Å². The van der Waals surface area contributed by atoms with Gasteiger partial charge in [0, 0.05) is 6.07 Å². The van der Waals surface area contributed by atoms with Crippen LogP contribution in [0.4, 0.5) is 0 Å². The average Bonchev–Trinajstić information content (AvgIpc) is 2.86. The average molecular weight is 276 g/mol. The van der Waals surface area contributed by atoms with Crippen molar-refractivity contribution in [1.82, 2.24) is 9.38 Å². The summed E-state index contributed by atoms with van der Waals surface area (Å²) in [6.07, 6.45) is 0. The summed E-state index contributed by atoms with van der Waals surface area (Å²) in [6.45, 7) is 0. The molecule has 4 heteroatoms. The Hall–Kier alpha value is -3.01. The zero-order valence-corrected chi connectivity index (χ0v) is 11.1. The first-order valence-corrected chi connectivity index (χ1v) is 6.62. The van der Waals surface area contributed by atoms with E-state index in [1.165, 1.54) is 0 Å². The highest BCUT2D eigenvalue weighted by Gasteiger charge is 2.10. The second-order valence-corrected chi connectivity index (χ2v) is 4.94. The standard InChI is InChI=1S/C17H12N2O2/c20-13-7-5-11(6-8-13)12-9-16-18-14-3-1-2-4-15(14)19(16)17(21)10-12/h1-10,20-21H. The topological polar surface area (TPSA) is 57.8 Å². The molecule has 0 saturated carbocycles. The van der Waals surface area contributed by atoms with E-state index in [1.807, 2.05) is 42.5 Å². The monoisotopic (exact) mass is 276 g/mol. The van der Waals surface area contributed by atoms with Crippen molar-refractivity contribution in [1.29, 1.82) is 0 Å². The fourth-order valence-corrected chi connectivity index (χ4v) is 2.59. The summed E-state index contributed by atoms with van der Waals surface area (Å²) in [5, 5.41) is 19.7. The second-order valence-electron chi connectivity index (χ2n) is 4.94. The predicted octanol–water partition coefficient (Wildman–Crippen LogP) is 3.57. The molecule has 0 bridgehead atoms. The number of aromatic nitrogens is 2. The number of rotatable bonds is 1. The van der Waals surface area contributed by atoms with Crippen molar-refractivity contribution in [2.75, 3.05) is 0 Å². The van der Waals surface area contributed by atoms with Crippen molar-refractivity contribution in [3.05, 3.63) is 60.7 Å². The molecule has 21 heavy (non-hydrogen) atoms. The van der Waals surface area contributed by atoms with Gasteiger partial charge >= 0.3 is 0 Å². The van der Waals surface area contributed by atoms with Crippen molar-refractivity contribution in [2.45, 2.75) is 0 Å². The van der Waals surface area contributed by atoms with Gasteiger partial charge in [0.2, 0.25) is 0 Å². The zero-order valence-electron chi connectivity index (χ0n) is 11.1. The summed E-state index contributed by atoms with van der Waals surface area (Å²) in [7, 11) is 0. The minimum absolute atomic E-state index is 0.143. The summed E-state index contributed by atoms with van der Waals surface area (Å²) in [5.74, 6) is 0.361. The first-order valence-electron chi connectivity index (χ1n) is 6.62. The van der Waals surface area contributed by atoms with Crippen LogP contribution in [0.15, 0.2) is 60.7 Å². The molecule has 0 atom stereocenters. The van der Waals surface area contributed by atoms with Gasteiger partial charge in [-0.3, -0.25) is 4.40 Å². The van der Waals surface area contributed by atoms with Crippen molar-refractivity contribution in [3.8, 4) is 22.8 Å². The van der Waals surface area contributed by atoms with Crippen molar-refractivity contribution < 1.29 is 10.2 Å². The summed E-state index contributed by atoms with van der Waals surface area (Å²) in [4.78, 5) is 4.53. The van der Waals surface area contributed by atoms with Crippen LogP contribution in [0.3, 0.4) is 0 Å². The molecule has 4 rings (SSSR count). The van der Waals surface area contributed by atoms with Gasteiger partial charge < -0.3 is 10.2 Å². The number of hydrogen-bond donors (Lipinski definition) is 2. The Labute approximate surface area is 120 Å². The first kappa shape index (κ1) is 11.8. The van der Waals surface area contributed by atoms with E-state index < -0.39 is 0 Å². The van der Waals surface area contributed by atoms with E-state index >= 15 is 0 Å². The maximum atomic E-state index is 10.3. The highest BCUT2D eigenvalue weighted by Crippen LogP contribution is 2.29. The molecule has 0 unspecified atom stereocenters. The summed E-state index contributed by atoms with van der Waals surface area (Å²) >= 11 is 0. The molecule has 0 saturated heterocycles. The molecule has 0 radical (unpaired) electrons. The lowest BCUT2D eigenvalue weighted by atomic mass is 10.1. The SMILES string of the molecule is Oc1ccc(-c2cc(O)n3c(c2)nc2ccccc23)cc1. The Morgan fingerprint density at radius 2 is 1.57 bits per heavy atom. The minimum atomic E-state index is 0.143. The van der Waals surface area contributed by atoms with Gasteiger partial charge in [-0.2, -0.15) is 0 Å². The van der Waals surface area contributed by atoms with Gasteiger partial charge in [-0.25, -0.2) is 4.98 Å². The lowest BCUT2D eigenvalue weighted by Gasteiger charge is -2.05. The van der Waals surface area contributed by atoms with E-state index in [4.69, 9.17) is 0 Å². The maximum absolute atomic E-state index is 10.3. The highest BCUT2D eigenvalue weighted by molar-refractivity contribution is 5.83. The van der Waals surface area contributed by atoms with E-state index in [9.17, 15) is 10.2 Å². The lowest BCUT2D eigenvalue weighted by molar-refractivity contribution is 0.449. The van der Waals surface area contributed by atoms with E-state index in [2.05, 4.69) is 4.98 Å². The minimum Gasteiger partial charge on any atom is -0.508 e. The van der Waals surface area contributed by atoms with Crippen LogP contribution in [-0.4, -0.2) is 19.6 Å². The first-order chi connectivity index (χ1) is 10.2. The molecule has 4 aromatic rings. The Morgan fingerprint density at radius 3 is 2.38 bits per heavy atom. The van der Waals surface area contributed by atoms with Gasteiger partial charge in [-0.15, -0.1) is 0 Å². The number of fused-ring (bicyclic) bond motifs is 3. The number of para-hydroxylation sites is 2. The molecule has 0 aliphatic heterocycles. The third-order valence-electron chi connectivity index (χ3n) is 3.59. The van der Waals surface area contributed by atoms with Gasteiger partial charge in [-0.05, 0) is 41.5 Å². The fourth-order valence-electron chi connectivity index (χ4n) is 2.59. The molecular formula is C17H12N2O2. The van der Waals surface area contributed by atoms with Crippen LogP contribution in [0.1, 0.15) is 0 Å².